The third-order valence-electron chi connectivity index (χ3n) is 2.58. The van der Waals surface area contributed by atoms with Crippen molar-refractivity contribution in [2.75, 3.05) is 5.32 Å². The second kappa shape index (κ2) is 5.34. The van der Waals surface area contributed by atoms with Gasteiger partial charge in [0, 0.05) is 17.3 Å². The summed E-state index contributed by atoms with van der Waals surface area (Å²) in [5.41, 5.74) is 1.41. The number of hydrogen-bond donors (Lipinski definition) is 3. The molecule has 0 unspecified atom stereocenters. The van der Waals surface area contributed by atoms with Gasteiger partial charge in [0.25, 0.3) is 0 Å². The zero-order valence-corrected chi connectivity index (χ0v) is 10.3. The third kappa shape index (κ3) is 3.19. The highest BCUT2D eigenvalue weighted by molar-refractivity contribution is 5.94. The molecule has 1 atom stereocenters. The van der Waals surface area contributed by atoms with Gasteiger partial charge in [0.05, 0.1) is 5.52 Å². The summed E-state index contributed by atoms with van der Waals surface area (Å²) < 4.78 is 0. The first-order valence-electron chi connectivity index (χ1n) is 5.71. The van der Waals surface area contributed by atoms with Crippen LogP contribution >= 0.6 is 0 Å². The standard InChI is InChI=1S/C13H13N3O3/c1-8(12(17)18)15-13(19)16-10-4-5-11-9(7-10)3-2-6-14-11/h2-8H,1H3,(H,17,18)(H2,15,16,19)/t8-/m1/s1. The average molecular weight is 259 g/mol. The Hall–Kier alpha value is -2.63. The average Bonchev–Trinajstić information content (AvgIpc) is 2.38. The van der Waals surface area contributed by atoms with Crippen molar-refractivity contribution in [1.82, 2.24) is 10.3 Å². The molecule has 1 aromatic heterocycles. The number of fused-ring (bicyclic) bond motifs is 1. The second-order valence-corrected chi connectivity index (χ2v) is 4.07. The number of rotatable bonds is 3. The van der Waals surface area contributed by atoms with Crippen molar-refractivity contribution < 1.29 is 14.7 Å². The van der Waals surface area contributed by atoms with Gasteiger partial charge in [-0.15, -0.1) is 0 Å². The molecule has 2 aromatic rings. The number of pyridine rings is 1. The molecule has 3 N–H and O–H groups in total. The highest BCUT2D eigenvalue weighted by atomic mass is 16.4. The van der Waals surface area contributed by atoms with Gasteiger partial charge in [-0.05, 0) is 31.2 Å². The molecule has 0 radical (unpaired) electrons. The van der Waals surface area contributed by atoms with E-state index in [1.165, 1.54) is 6.92 Å². The lowest BCUT2D eigenvalue weighted by molar-refractivity contribution is -0.138. The fraction of sp³-hybridized carbons (Fsp3) is 0.154. The van der Waals surface area contributed by atoms with Crippen molar-refractivity contribution in [3.63, 3.8) is 0 Å². The van der Waals surface area contributed by atoms with Crippen LogP contribution in [0.5, 0.6) is 0 Å². The Morgan fingerprint density at radius 1 is 1.32 bits per heavy atom. The van der Waals surface area contributed by atoms with E-state index in [1.54, 1.807) is 30.5 Å². The van der Waals surface area contributed by atoms with E-state index in [2.05, 4.69) is 15.6 Å². The predicted molar refractivity (Wildman–Crippen MR) is 71.0 cm³/mol. The molecule has 0 saturated heterocycles. The number of anilines is 1. The summed E-state index contributed by atoms with van der Waals surface area (Å²) in [5, 5.41) is 14.5. The number of nitrogens with one attached hydrogen (secondary N) is 2. The number of carboxylic acid groups (broad SMARTS) is 1. The van der Waals surface area contributed by atoms with Crippen LogP contribution in [0.1, 0.15) is 6.92 Å². The highest BCUT2D eigenvalue weighted by Crippen LogP contribution is 2.16. The molecule has 2 amide bonds. The van der Waals surface area contributed by atoms with Crippen LogP contribution in [0, 0.1) is 0 Å². The third-order valence-corrected chi connectivity index (χ3v) is 2.58. The minimum atomic E-state index is -1.09. The number of aliphatic carboxylic acids is 1. The second-order valence-electron chi connectivity index (χ2n) is 4.07. The van der Waals surface area contributed by atoms with Crippen molar-refractivity contribution >= 4 is 28.6 Å². The number of carbonyl (C=O) groups is 2. The first-order chi connectivity index (χ1) is 9.06. The van der Waals surface area contributed by atoms with E-state index in [4.69, 9.17) is 5.11 Å². The molecule has 6 nitrogen and oxygen atoms in total. The molecule has 0 fully saturated rings. The van der Waals surface area contributed by atoms with Gasteiger partial charge >= 0.3 is 12.0 Å². The van der Waals surface area contributed by atoms with Gasteiger partial charge < -0.3 is 15.7 Å². The quantitative estimate of drug-likeness (QED) is 0.784. The van der Waals surface area contributed by atoms with Crippen molar-refractivity contribution in [2.24, 2.45) is 0 Å². The van der Waals surface area contributed by atoms with Crippen LogP contribution in [-0.2, 0) is 4.79 Å². The molecule has 1 heterocycles. The molecule has 0 spiro atoms. The number of hydrogen-bond acceptors (Lipinski definition) is 3. The Balaban J connectivity index is 2.09. The van der Waals surface area contributed by atoms with Crippen LogP contribution in [0.4, 0.5) is 10.5 Å². The molecular formula is C13H13N3O3. The maximum Gasteiger partial charge on any atom is 0.325 e. The lowest BCUT2D eigenvalue weighted by Crippen LogP contribution is -2.40. The van der Waals surface area contributed by atoms with Crippen LogP contribution in [-0.4, -0.2) is 28.1 Å². The maximum atomic E-state index is 11.6. The minimum absolute atomic E-state index is 0.557. The lowest BCUT2D eigenvalue weighted by atomic mass is 10.2. The van der Waals surface area contributed by atoms with Gasteiger partial charge in [0.1, 0.15) is 6.04 Å². The molecule has 0 aliphatic heterocycles. The van der Waals surface area contributed by atoms with Crippen LogP contribution in [0.15, 0.2) is 36.5 Å². The Morgan fingerprint density at radius 3 is 2.84 bits per heavy atom. The lowest BCUT2D eigenvalue weighted by Gasteiger charge is -2.11. The number of urea groups is 1. The number of amides is 2. The SMILES string of the molecule is C[C@@H](NC(=O)Nc1ccc2ncccc2c1)C(=O)O. The molecule has 19 heavy (non-hydrogen) atoms. The van der Waals surface area contributed by atoms with Gasteiger partial charge in [-0.25, -0.2) is 4.79 Å². The largest absolute Gasteiger partial charge is 0.480 e. The van der Waals surface area contributed by atoms with Crippen LogP contribution in [0.25, 0.3) is 10.9 Å². The van der Waals surface area contributed by atoms with E-state index >= 15 is 0 Å². The summed E-state index contributed by atoms with van der Waals surface area (Å²) in [6, 6.07) is 7.45. The molecule has 0 aliphatic carbocycles. The Morgan fingerprint density at radius 2 is 2.11 bits per heavy atom. The number of carboxylic acids is 1. The normalized spacial score (nSPS) is 11.8. The fourth-order valence-electron chi connectivity index (χ4n) is 1.58. The summed E-state index contributed by atoms with van der Waals surface area (Å²) >= 11 is 0. The van der Waals surface area contributed by atoms with E-state index in [1.807, 2.05) is 6.07 Å². The summed E-state index contributed by atoms with van der Waals surface area (Å²) in [4.78, 5) is 26.3. The number of benzene rings is 1. The summed E-state index contributed by atoms with van der Waals surface area (Å²) in [6.45, 7) is 1.40. The number of carbonyl (C=O) groups excluding carboxylic acids is 1. The van der Waals surface area contributed by atoms with Crippen molar-refractivity contribution in [1.29, 1.82) is 0 Å². The summed E-state index contributed by atoms with van der Waals surface area (Å²) in [7, 11) is 0. The van der Waals surface area contributed by atoms with E-state index in [-0.39, 0.29) is 0 Å². The molecule has 0 aliphatic rings. The Labute approximate surface area is 109 Å². The van der Waals surface area contributed by atoms with Gasteiger partial charge in [-0.1, -0.05) is 6.07 Å². The predicted octanol–water partition coefficient (Wildman–Crippen LogP) is 1.83. The molecule has 0 saturated carbocycles. The van der Waals surface area contributed by atoms with Gasteiger partial charge in [-0.3, -0.25) is 9.78 Å². The van der Waals surface area contributed by atoms with Crippen LogP contribution in [0.2, 0.25) is 0 Å². The van der Waals surface area contributed by atoms with Crippen LogP contribution in [0.3, 0.4) is 0 Å². The zero-order chi connectivity index (χ0) is 13.8. The molecule has 1 aromatic carbocycles. The number of nitrogens with zero attached hydrogens (tertiary/aromatic N) is 1. The van der Waals surface area contributed by atoms with Crippen molar-refractivity contribution in [3.8, 4) is 0 Å². The molecule has 6 heteroatoms. The molecule has 2 rings (SSSR count). The van der Waals surface area contributed by atoms with Gasteiger partial charge in [-0.2, -0.15) is 0 Å². The fourth-order valence-corrected chi connectivity index (χ4v) is 1.58. The molecule has 98 valence electrons. The smallest absolute Gasteiger partial charge is 0.325 e. The van der Waals surface area contributed by atoms with E-state index in [0.717, 1.165) is 10.9 Å². The van der Waals surface area contributed by atoms with Crippen molar-refractivity contribution in [3.05, 3.63) is 36.5 Å². The Kier molecular flexibility index (Phi) is 3.61. The zero-order valence-electron chi connectivity index (χ0n) is 10.3. The molecule has 0 bridgehead atoms. The minimum Gasteiger partial charge on any atom is -0.480 e. The molecular weight excluding hydrogens is 246 g/mol. The van der Waals surface area contributed by atoms with Crippen molar-refractivity contribution in [2.45, 2.75) is 13.0 Å². The first kappa shape index (κ1) is 12.8. The summed E-state index contributed by atoms with van der Waals surface area (Å²) in [6.07, 6.45) is 1.69. The van der Waals surface area contributed by atoms with E-state index in [0.29, 0.717) is 5.69 Å². The first-order valence-corrected chi connectivity index (χ1v) is 5.71. The van der Waals surface area contributed by atoms with E-state index in [9.17, 15) is 9.59 Å². The van der Waals surface area contributed by atoms with Crippen LogP contribution < -0.4 is 10.6 Å². The monoisotopic (exact) mass is 259 g/mol. The number of aromatic nitrogens is 1. The maximum absolute atomic E-state index is 11.6. The topological polar surface area (TPSA) is 91.3 Å². The summed E-state index contributed by atoms with van der Waals surface area (Å²) in [5.74, 6) is -1.09. The Bertz CT molecular complexity index is 627. The van der Waals surface area contributed by atoms with Gasteiger partial charge in [0.2, 0.25) is 0 Å². The van der Waals surface area contributed by atoms with E-state index < -0.39 is 18.0 Å². The highest BCUT2D eigenvalue weighted by Gasteiger charge is 2.13. The van der Waals surface area contributed by atoms with Gasteiger partial charge in [0.15, 0.2) is 0 Å².